The normalized spacial score (nSPS) is 12.8. The lowest BCUT2D eigenvalue weighted by Gasteiger charge is -2.20. The number of carbonyl (C=O) groups is 2. The van der Waals surface area contributed by atoms with E-state index in [4.69, 9.17) is 4.42 Å². The number of ketones is 2. The minimum atomic E-state index is -0.244. The van der Waals surface area contributed by atoms with Gasteiger partial charge in [-0.2, -0.15) is 0 Å². The van der Waals surface area contributed by atoms with Crippen molar-refractivity contribution in [2.24, 2.45) is 0 Å². The zero-order chi connectivity index (χ0) is 23.1. The number of benzene rings is 4. The molecule has 1 aliphatic carbocycles. The summed E-state index contributed by atoms with van der Waals surface area (Å²) in [7, 11) is 0. The van der Waals surface area contributed by atoms with E-state index in [1.165, 1.54) is 6.39 Å². The van der Waals surface area contributed by atoms with Crippen LogP contribution < -0.4 is 4.90 Å². The lowest BCUT2D eigenvalue weighted by Crippen LogP contribution is -2.10. The second kappa shape index (κ2) is 7.94. The van der Waals surface area contributed by atoms with Gasteiger partial charge in [-0.1, -0.05) is 59.7 Å². The number of anilines is 3. The van der Waals surface area contributed by atoms with E-state index in [-0.39, 0.29) is 17.1 Å². The molecule has 0 spiro atoms. The van der Waals surface area contributed by atoms with E-state index in [0.29, 0.717) is 17.1 Å². The average Bonchev–Trinajstić information content (AvgIpc) is 3.48. The number of Topliss-reactive ketones (excluding diaryl/α,β-unsaturated/α-hetero) is 2. The highest BCUT2D eigenvalue weighted by Crippen LogP contribution is 2.34. The van der Waals surface area contributed by atoms with E-state index in [9.17, 15) is 9.59 Å². The van der Waals surface area contributed by atoms with Gasteiger partial charge in [0.25, 0.3) is 0 Å². The Labute approximate surface area is 194 Å². The van der Waals surface area contributed by atoms with Crippen molar-refractivity contribution in [3.8, 4) is 0 Å². The predicted molar refractivity (Wildman–Crippen MR) is 130 cm³/mol. The van der Waals surface area contributed by atoms with Gasteiger partial charge >= 0.3 is 6.01 Å². The fourth-order valence-electron chi connectivity index (χ4n) is 4.24. The standard InChI is InChI=1S/C28H17N3O3/c32-26-23-15-19-6-4-5-7-20(19)16-24(23)27(33)25(26)14-18-10-12-22(13-11-18)31(28-30-29-17-34-28)21-8-2-1-3-9-21/h1-17H. The van der Waals surface area contributed by atoms with Crippen LogP contribution in [0.4, 0.5) is 17.4 Å². The molecule has 0 unspecified atom stereocenters. The van der Waals surface area contributed by atoms with Crippen LogP contribution in [0.15, 0.2) is 107 Å². The van der Waals surface area contributed by atoms with Gasteiger partial charge in [0.05, 0.1) is 16.9 Å². The minimum Gasteiger partial charge on any atom is -0.410 e. The fraction of sp³-hybridized carbons (Fsp3) is 0. The predicted octanol–water partition coefficient (Wildman–Crippen LogP) is 6.16. The van der Waals surface area contributed by atoms with Crippen LogP contribution in [0, 0.1) is 0 Å². The molecule has 0 fully saturated rings. The Balaban J connectivity index is 1.35. The topological polar surface area (TPSA) is 76.3 Å². The summed E-state index contributed by atoms with van der Waals surface area (Å²) in [5.74, 6) is -0.488. The Bertz CT molecular complexity index is 1510. The lowest BCUT2D eigenvalue weighted by atomic mass is 10.0. The third-order valence-corrected chi connectivity index (χ3v) is 5.88. The van der Waals surface area contributed by atoms with Crippen molar-refractivity contribution in [3.63, 3.8) is 0 Å². The molecule has 0 saturated heterocycles. The summed E-state index contributed by atoms with van der Waals surface area (Å²) in [5.41, 5.74) is 3.50. The first-order valence-corrected chi connectivity index (χ1v) is 10.7. The van der Waals surface area contributed by atoms with Crippen molar-refractivity contribution in [1.29, 1.82) is 0 Å². The Morgan fingerprint density at radius 2 is 1.29 bits per heavy atom. The highest BCUT2D eigenvalue weighted by Gasteiger charge is 2.33. The molecule has 0 amide bonds. The maximum Gasteiger partial charge on any atom is 0.327 e. The van der Waals surface area contributed by atoms with Gasteiger partial charge in [-0.05, 0) is 58.8 Å². The summed E-state index contributed by atoms with van der Waals surface area (Å²) in [6, 6.07) is 28.8. The molecular weight excluding hydrogens is 426 g/mol. The molecule has 1 aliphatic rings. The van der Waals surface area contributed by atoms with Gasteiger partial charge < -0.3 is 4.42 Å². The van der Waals surface area contributed by atoms with Crippen molar-refractivity contribution < 1.29 is 14.0 Å². The lowest BCUT2D eigenvalue weighted by molar-refractivity contribution is 0.0990. The number of fused-ring (bicyclic) bond motifs is 2. The number of hydrogen-bond acceptors (Lipinski definition) is 6. The van der Waals surface area contributed by atoms with Crippen molar-refractivity contribution in [2.75, 3.05) is 4.90 Å². The summed E-state index contributed by atoms with van der Waals surface area (Å²) in [6.07, 6.45) is 2.93. The molecule has 6 rings (SSSR count). The van der Waals surface area contributed by atoms with E-state index < -0.39 is 0 Å². The number of nitrogens with zero attached hydrogens (tertiary/aromatic N) is 3. The van der Waals surface area contributed by atoms with Gasteiger partial charge in [0.15, 0.2) is 11.6 Å². The molecule has 4 aromatic carbocycles. The van der Waals surface area contributed by atoms with Crippen LogP contribution >= 0.6 is 0 Å². The summed E-state index contributed by atoms with van der Waals surface area (Å²) in [6.45, 7) is 0. The Hall–Kier alpha value is -4.84. The molecule has 5 aromatic rings. The van der Waals surface area contributed by atoms with Gasteiger partial charge in [0.2, 0.25) is 6.39 Å². The quantitative estimate of drug-likeness (QED) is 0.245. The van der Waals surface area contributed by atoms with Crippen LogP contribution in [0.3, 0.4) is 0 Å². The van der Waals surface area contributed by atoms with Crippen LogP contribution in [0.2, 0.25) is 0 Å². The first kappa shape index (κ1) is 19.8. The molecule has 0 atom stereocenters. The minimum absolute atomic E-state index is 0.176. The molecule has 162 valence electrons. The van der Waals surface area contributed by atoms with Crippen LogP contribution in [-0.4, -0.2) is 21.8 Å². The summed E-state index contributed by atoms with van der Waals surface area (Å²) >= 11 is 0. The van der Waals surface area contributed by atoms with Crippen molar-refractivity contribution in [1.82, 2.24) is 10.2 Å². The number of allylic oxidation sites excluding steroid dienone is 1. The van der Waals surface area contributed by atoms with Gasteiger partial charge in [-0.3, -0.25) is 14.5 Å². The second-order valence-corrected chi connectivity index (χ2v) is 7.94. The summed E-state index contributed by atoms with van der Waals surface area (Å²) in [4.78, 5) is 27.9. The first-order chi connectivity index (χ1) is 16.7. The van der Waals surface area contributed by atoms with Crippen LogP contribution in [-0.2, 0) is 0 Å². The fourth-order valence-corrected chi connectivity index (χ4v) is 4.24. The number of para-hydroxylation sites is 1. The number of hydrogen-bond donors (Lipinski definition) is 0. The zero-order valence-corrected chi connectivity index (χ0v) is 17.9. The third-order valence-electron chi connectivity index (χ3n) is 5.88. The molecule has 6 nitrogen and oxygen atoms in total. The number of aromatic nitrogens is 2. The second-order valence-electron chi connectivity index (χ2n) is 7.94. The SMILES string of the molecule is O=C1C(=Cc2ccc(N(c3ccccc3)c3nnco3)cc2)C(=O)c2cc3ccccc3cc21. The molecule has 0 radical (unpaired) electrons. The van der Waals surface area contributed by atoms with E-state index >= 15 is 0 Å². The molecular formula is C28H17N3O3. The average molecular weight is 443 g/mol. The zero-order valence-electron chi connectivity index (χ0n) is 17.9. The summed E-state index contributed by atoms with van der Waals surface area (Å²) < 4.78 is 5.44. The Morgan fingerprint density at radius 1 is 0.706 bits per heavy atom. The van der Waals surface area contributed by atoms with E-state index in [1.807, 2.05) is 83.8 Å². The summed E-state index contributed by atoms with van der Waals surface area (Å²) in [5, 5.41) is 9.72. The van der Waals surface area contributed by atoms with E-state index in [1.54, 1.807) is 18.2 Å². The molecule has 0 bridgehead atoms. The maximum absolute atomic E-state index is 13.0. The molecule has 34 heavy (non-hydrogen) atoms. The van der Waals surface area contributed by atoms with Gasteiger partial charge in [0, 0.05) is 11.1 Å². The smallest absolute Gasteiger partial charge is 0.327 e. The van der Waals surface area contributed by atoms with Gasteiger partial charge in [-0.15, -0.1) is 5.10 Å². The third kappa shape index (κ3) is 3.29. The van der Waals surface area contributed by atoms with E-state index in [2.05, 4.69) is 10.2 Å². The highest BCUT2D eigenvalue weighted by atomic mass is 16.4. The molecule has 6 heteroatoms. The molecule has 1 heterocycles. The molecule has 0 N–H and O–H groups in total. The largest absolute Gasteiger partial charge is 0.410 e. The molecule has 0 aliphatic heterocycles. The first-order valence-electron chi connectivity index (χ1n) is 10.7. The Morgan fingerprint density at radius 3 is 1.88 bits per heavy atom. The highest BCUT2D eigenvalue weighted by molar-refractivity contribution is 6.42. The number of rotatable bonds is 4. The van der Waals surface area contributed by atoms with Crippen molar-refractivity contribution in [3.05, 3.63) is 120 Å². The maximum atomic E-state index is 13.0. The monoisotopic (exact) mass is 443 g/mol. The number of carbonyl (C=O) groups excluding carboxylic acids is 2. The Kier molecular flexibility index (Phi) is 4.63. The molecule has 0 saturated carbocycles. The van der Waals surface area contributed by atoms with Crippen molar-refractivity contribution in [2.45, 2.75) is 0 Å². The van der Waals surface area contributed by atoms with Gasteiger partial charge in [-0.25, -0.2) is 0 Å². The molecule has 1 aromatic heterocycles. The van der Waals surface area contributed by atoms with E-state index in [0.717, 1.165) is 27.7 Å². The van der Waals surface area contributed by atoms with Crippen LogP contribution in [0.25, 0.3) is 16.8 Å². The van der Waals surface area contributed by atoms with Gasteiger partial charge in [0.1, 0.15) is 0 Å². The van der Waals surface area contributed by atoms with Crippen molar-refractivity contribution >= 4 is 45.8 Å². The van der Waals surface area contributed by atoms with Crippen LogP contribution in [0.1, 0.15) is 26.3 Å². The van der Waals surface area contributed by atoms with Crippen LogP contribution in [0.5, 0.6) is 0 Å².